The number of aromatic nitrogens is 2. The average molecular weight is 388 g/mol. The van der Waals surface area contributed by atoms with Crippen molar-refractivity contribution < 1.29 is 4.79 Å². The molecule has 2 aromatic heterocycles. The smallest absolute Gasteiger partial charge is 0.260 e. The van der Waals surface area contributed by atoms with Crippen molar-refractivity contribution in [3.8, 4) is 0 Å². The van der Waals surface area contributed by atoms with E-state index in [4.69, 9.17) is 4.98 Å². The number of pyridine rings is 1. The molecule has 4 nitrogen and oxygen atoms in total. The minimum Gasteiger partial charge on any atom is -0.279 e. The first kappa shape index (κ1) is 18.3. The highest BCUT2D eigenvalue weighted by Crippen LogP contribution is 2.32. The Labute approximate surface area is 168 Å². The fourth-order valence-corrected chi connectivity index (χ4v) is 4.16. The Morgan fingerprint density at radius 2 is 1.86 bits per heavy atom. The number of hydrogen-bond acceptors (Lipinski definition) is 4. The van der Waals surface area contributed by atoms with Gasteiger partial charge in [0.15, 0.2) is 5.13 Å². The number of anilines is 1. The minimum absolute atomic E-state index is 0.0555. The fourth-order valence-electron chi connectivity index (χ4n) is 3.12. The lowest BCUT2D eigenvalue weighted by molar-refractivity contribution is 0.0985. The third-order valence-electron chi connectivity index (χ3n) is 4.80. The van der Waals surface area contributed by atoms with Crippen molar-refractivity contribution in [2.45, 2.75) is 27.3 Å². The third kappa shape index (κ3) is 3.66. The summed E-state index contributed by atoms with van der Waals surface area (Å²) in [5.74, 6) is -0.0555. The van der Waals surface area contributed by atoms with E-state index in [1.165, 1.54) is 11.1 Å². The summed E-state index contributed by atoms with van der Waals surface area (Å²) in [6.45, 7) is 6.60. The maximum absolute atomic E-state index is 13.4. The summed E-state index contributed by atoms with van der Waals surface area (Å²) in [5.41, 5.74) is 6.05. The van der Waals surface area contributed by atoms with Crippen molar-refractivity contribution in [2.24, 2.45) is 0 Å². The molecule has 4 rings (SSSR count). The maximum atomic E-state index is 13.4. The van der Waals surface area contributed by atoms with Crippen LogP contribution in [-0.4, -0.2) is 15.9 Å². The second kappa shape index (κ2) is 7.52. The van der Waals surface area contributed by atoms with Crippen LogP contribution in [0.5, 0.6) is 0 Å². The number of fused-ring (bicyclic) bond motifs is 1. The number of benzene rings is 2. The molecule has 0 aliphatic carbocycles. The highest BCUT2D eigenvalue weighted by Gasteiger charge is 2.22. The Bertz CT molecular complexity index is 1110. The van der Waals surface area contributed by atoms with Gasteiger partial charge in [-0.25, -0.2) is 4.98 Å². The predicted octanol–water partition coefficient (Wildman–Crippen LogP) is 5.46. The van der Waals surface area contributed by atoms with E-state index in [9.17, 15) is 4.79 Å². The second-order valence-electron chi connectivity index (χ2n) is 7.02. The van der Waals surface area contributed by atoms with Gasteiger partial charge >= 0.3 is 0 Å². The molecule has 0 spiro atoms. The Morgan fingerprint density at radius 3 is 2.61 bits per heavy atom. The molecule has 0 bridgehead atoms. The zero-order valence-corrected chi connectivity index (χ0v) is 17.0. The van der Waals surface area contributed by atoms with Crippen LogP contribution >= 0.6 is 11.3 Å². The van der Waals surface area contributed by atoms with Crippen LogP contribution in [0.15, 0.2) is 60.9 Å². The van der Waals surface area contributed by atoms with Crippen molar-refractivity contribution in [3.63, 3.8) is 0 Å². The van der Waals surface area contributed by atoms with Crippen LogP contribution in [-0.2, 0) is 6.54 Å². The molecule has 0 saturated heterocycles. The molecule has 2 aromatic carbocycles. The molecule has 0 aliphatic rings. The molecule has 0 N–H and O–H groups in total. The highest BCUT2D eigenvalue weighted by atomic mass is 32.1. The SMILES string of the molecule is Cc1cccc(C(=O)N(Cc2cccnc2)c2nc3cc(C)c(C)cc3s2)c1. The van der Waals surface area contributed by atoms with E-state index in [2.05, 4.69) is 31.0 Å². The Morgan fingerprint density at radius 1 is 1.04 bits per heavy atom. The van der Waals surface area contributed by atoms with Crippen LogP contribution in [0.25, 0.3) is 10.2 Å². The van der Waals surface area contributed by atoms with Gasteiger partial charge in [0.05, 0.1) is 16.8 Å². The normalized spacial score (nSPS) is 11.0. The van der Waals surface area contributed by atoms with Gasteiger partial charge in [-0.1, -0.05) is 35.1 Å². The van der Waals surface area contributed by atoms with Crippen LogP contribution in [0, 0.1) is 20.8 Å². The Kier molecular flexibility index (Phi) is 4.92. The van der Waals surface area contributed by atoms with Gasteiger partial charge in [0.2, 0.25) is 0 Å². The summed E-state index contributed by atoms with van der Waals surface area (Å²) in [4.78, 5) is 24.1. The molecule has 0 unspecified atom stereocenters. The predicted molar refractivity (Wildman–Crippen MR) is 115 cm³/mol. The summed E-state index contributed by atoms with van der Waals surface area (Å²) in [6, 6.07) is 15.8. The molecule has 4 aromatic rings. The van der Waals surface area contributed by atoms with Crippen molar-refractivity contribution >= 4 is 32.6 Å². The van der Waals surface area contributed by atoms with E-state index in [-0.39, 0.29) is 5.91 Å². The minimum atomic E-state index is -0.0555. The lowest BCUT2D eigenvalue weighted by atomic mass is 10.1. The first-order valence-electron chi connectivity index (χ1n) is 9.16. The number of rotatable bonds is 4. The van der Waals surface area contributed by atoms with E-state index >= 15 is 0 Å². The van der Waals surface area contributed by atoms with Crippen molar-refractivity contribution in [1.82, 2.24) is 9.97 Å². The van der Waals surface area contributed by atoms with E-state index < -0.39 is 0 Å². The van der Waals surface area contributed by atoms with Crippen molar-refractivity contribution in [1.29, 1.82) is 0 Å². The molecule has 0 atom stereocenters. The molecule has 28 heavy (non-hydrogen) atoms. The summed E-state index contributed by atoms with van der Waals surface area (Å²) in [7, 11) is 0. The van der Waals surface area contributed by atoms with Gasteiger partial charge in [0.25, 0.3) is 5.91 Å². The van der Waals surface area contributed by atoms with Gasteiger partial charge in [-0.2, -0.15) is 0 Å². The number of aryl methyl sites for hydroxylation is 3. The fraction of sp³-hybridized carbons (Fsp3) is 0.174. The van der Waals surface area contributed by atoms with Crippen molar-refractivity contribution in [2.75, 3.05) is 4.90 Å². The molecular formula is C23H21N3OS. The van der Waals surface area contributed by atoms with E-state index in [1.54, 1.807) is 28.6 Å². The Balaban J connectivity index is 1.79. The third-order valence-corrected chi connectivity index (χ3v) is 5.84. The summed E-state index contributed by atoms with van der Waals surface area (Å²) >= 11 is 1.55. The molecule has 0 radical (unpaired) electrons. The first-order valence-corrected chi connectivity index (χ1v) is 9.98. The Hall–Kier alpha value is -3.05. The van der Waals surface area contributed by atoms with Gasteiger partial charge in [-0.05, 0) is 67.8 Å². The summed E-state index contributed by atoms with van der Waals surface area (Å²) in [5, 5.41) is 0.704. The van der Waals surface area contributed by atoms with Gasteiger partial charge in [-0.15, -0.1) is 0 Å². The number of thiazole rings is 1. The summed E-state index contributed by atoms with van der Waals surface area (Å²) < 4.78 is 1.09. The molecule has 0 aliphatic heterocycles. The van der Waals surface area contributed by atoms with Gasteiger partial charge in [0.1, 0.15) is 0 Å². The molecule has 0 fully saturated rings. The summed E-state index contributed by atoms with van der Waals surface area (Å²) in [6.07, 6.45) is 3.53. The number of carbonyl (C=O) groups excluding carboxylic acids is 1. The molecule has 1 amide bonds. The highest BCUT2D eigenvalue weighted by molar-refractivity contribution is 7.22. The van der Waals surface area contributed by atoms with Crippen LogP contribution in [0.2, 0.25) is 0 Å². The molecular weight excluding hydrogens is 366 g/mol. The first-order chi connectivity index (χ1) is 13.5. The van der Waals surface area contributed by atoms with Crippen LogP contribution in [0.4, 0.5) is 5.13 Å². The van der Waals surface area contributed by atoms with Gasteiger partial charge in [0, 0.05) is 18.0 Å². The van der Waals surface area contributed by atoms with Gasteiger partial charge < -0.3 is 0 Å². The lowest BCUT2D eigenvalue weighted by Gasteiger charge is -2.20. The molecule has 140 valence electrons. The van der Waals surface area contributed by atoms with E-state index in [0.717, 1.165) is 21.3 Å². The molecule has 2 heterocycles. The van der Waals surface area contributed by atoms with Crippen LogP contribution in [0.3, 0.4) is 0 Å². The van der Waals surface area contributed by atoms with Crippen LogP contribution < -0.4 is 4.90 Å². The van der Waals surface area contributed by atoms with Crippen LogP contribution in [0.1, 0.15) is 32.6 Å². The standard InChI is InChI=1S/C23H21N3OS/c1-15-6-4-8-19(10-15)22(27)26(14-18-7-5-9-24-13-18)23-25-20-11-16(2)17(3)12-21(20)28-23/h4-13H,14H2,1-3H3. The number of nitrogens with zero attached hydrogens (tertiary/aromatic N) is 3. The maximum Gasteiger partial charge on any atom is 0.260 e. The van der Waals surface area contributed by atoms with E-state index in [0.29, 0.717) is 17.2 Å². The monoisotopic (exact) mass is 387 g/mol. The largest absolute Gasteiger partial charge is 0.279 e. The zero-order chi connectivity index (χ0) is 19.7. The quantitative estimate of drug-likeness (QED) is 0.467. The number of amides is 1. The number of hydrogen-bond donors (Lipinski definition) is 0. The lowest BCUT2D eigenvalue weighted by Crippen LogP contribution is -2.30. The van der Waals surface area contributed by atoms with Crippen molar-refractivity contribution in [3.05, 3.63) is 88.7 Å². The number of carbonyl (C=O) groups is 1. The molecule has 5 heteroatoms. The van der Waals surface area contributed by atoms with Gasteiger partial charge in [-0.3, -0.25) is 14.7 Å². The zero-order valence-electron chi connectivity index (χ0n) is 16.1. The topological polar surface area (TPSA) is 46.1 Å². The second-order valence-corrected chi connectivity index (χ2v) is 8.03. The van der Waals surface area contributed by atoms with E-state index in [1.807, 2.05) is 43.3 Å². The average Bonchev–Trinajstić information content (AvgIpc) is 3.09. The molecule has 0 saturated carbocycles.